The normalized spacial score (nSPS) is 15.4. The summed E-state index contributed by atoms with van der Waals surface area (Å²) < 4.78 is 10.2. The molecule has 2 heterocycles. The summed E-state index contributed by atoms with van der Waals surface area (Å²) in [5, 5.41) is 0. The molecule has 0 radical (unpaired) electrons. The molecule has 3 rings (SSSR count). The standard InChI is InChI=1S/C18H19NO4/c20-17(15-4-2-1-3-5-15)19-9-6-16(7-10-19)18(21)23-13-14-8-11-22-12-14/h1-5,8,11-12,16H,6-7,9-10,13H2. The molecule has 1 aromatic carbocycles. The zero-order chi connectivity index (χ0) is 16.1. The van der Waals surface area contributed by atoms with Crippen LogP contribution in [0.2, 0.25) is 0 Å². The number of hydrogen-bond donors (Lipinski definition) is 0. The van der Waals surface area contributed by atoms with E-state index in [0.717, 1.165) is 5.56 Å². The zero-order valence-electron chi connectivity index (χ0n) is 12.8. The number of hydrogen-bond acceptors (Lipinski definition) is 4. The minimum atomic E-state index is -0.196. The van der Waals surface area contributed by atoms with Gasteiger partial charge in [0.05, 0.1) is 18.4 Å². The Morgan fingerprint density at radius 1 is 1.13 bits per heavy atom. The molecule has 120 valence electrons. The fraction of sp³-hybridized carbons (Fsp3) is 0.333. The van der Waals surface area contributed by atoms with E-state index in [2.05, 4.69) is 0 Å². The molecule has 0 bridgehead atoms. The predicted octanol–water partition coefficient (Wildman–Crippen LogP) is 2.88. The average molecular weight is 313 g/mol. The van der Waals surface area contributed by atoms with Crippen molar-refractivity contribution in [1.29, 1.82) is 0 Å². The van der Waals surface area contributed by atoms with Crippen LogP contribution >= 0.6 is 0 Å². The number of piperidine rings is 1. The number of nitrogens with zero attached hydrogens (tertiary/aromatic N) is 1. The van der Waals surface area contributed by atoms with Gasteiger partial charge in [-0.3, -0.25) is 9.59 Å². The van der Waals surface area contributed by atoms with Gasteiger partial charge in [-0.2, -0.15) is 0 Å². The number of esters is 1. The van der Waals surface area contributed by atoms with Crippen molar-refractivity contribution in [2.45, 2.75) is 19.4 Å². The van der Waals surface area contributed by atoms with Crippen LogP contribution in [0, 0.1) is 5.92 Å². The predicted molar refractivity (Wildman–Crippen MR) is 83.6 cm³/mol. The number of ether oxygens (including phenoxy) is 1. The summed E-state index contributed by atoms with van der Waals surface area (Å²) in [4.78, 5) is 26.2. The van der Waals surface area contributed by atoms with Crippen LogP contribution in [-0.2, 0) is 16.1 Å². The van der Waals surface area contributed by atoms with Gasteiger partial charge in [0.25, 0.3) is 5.91 Å². The van der Waals surface area contributed by atoms with Crippen LogP contribution in [0.5, 0.6) is 0 Å². The highest BCUT2D eigenvalue weighted by Gasteiger charge is 2.28. The summed E-state index contributed by atoms with van der Waals surface area (Å²) in [6, 6.07) is 11.0. The molecule has 0 saturated carbocycles. The van der Waals surface area contributed by atoms with Crippen LogP contribution in [0.4, 0.5) is 0 Å². The molecule has 0 unspecified atom stereocenters. The smallest absolute Gasteiger partial charge is 0.309 e. The second kappa shape index (κ2) is 7.13. The molecule has 0 spiro atoms. The molecule has 23 heavy (non-hydrogen) atoms. The summed E-state index contributed by atoms with van der Waals surface area (Å²) in [6.45, 7) is 1.40. The van der Waals surface area contributed by atoms with Gasteiger partial charge in [-0.25, -0.2) is 0 Å². The third-order valence-corrected chi connectivity index (χ3v) is 4.10. The molecule has 1 aromatic heterocycles. The number of carbonyl (C=O) groups is 2. The third kappa shape index (κ3) is 3.80. The van der Waals surface area contributed by atoms with E-state index in [1.807, 2.05) is 30.3 Å². The van der Waals surface area contributed by atoms with E-state index < -0.39 is 0 Å². The van der Waals surface area contributed by atoms with Gasteiger partial charge in [-0.1, -0.05) is 18.2 Å². The largest absolute Gasteiger partial charge is 0.472 e. The van der Waals surface area contributed by atoms with E-state index in [1.165, 1.54) is 0 Å². The van der Waals surface area contributed by atoms with Crippen LogP contribution < -0.4 is 0 Å². The van der Waals surface area contributed by atoms with Gasteiger partial charge in [-0.15, -0.1) is 0 Å². The van der Waals surface area contributed by atoms with Gasteiger partial charge in [0.1, 0.15) is 6.61 Å². The third-order valence-electron chi connectivity index (χ3n) is 4.10. The Kier molecular flexibility index (Phi) is 4.76. The topological polar surface area (TPSA) is 59.8 Å². The highest BCUT2D eigenvalue weighted by Crippen LogP contribution is 2.21. The Balaban J connectivity index is 1.48. The molecule has 2 aromatic rings. The van der Waals surface area contributed by atoms with Crippen LogP contribution in [0.1, 0.15) is 28.8 Å². The summed E-state index contributed by atoms with van der Waals surface area (Å²) >= 11 is 0. The van der Waals surface area contributed by atoms with Crippen molar-refractivity contribution in [1.82, 2.24) is 4.90 Å². The Hall–Kier alpha value is -2.56. The molecular formula is C18H19NO4. The van der Waals surface area contributed by atoms with Crippen molar-refractivity contribution in [3.8, 4) is 0 Å². The van der Waals surface area contributed by atoms with Crippen LogP contribution in [0.25, 0.3) is 0 Å². The molecule has 5 heteroatoms. The number of furan rings is 1. The van der Waals surface area contributed by atoms with Gasteiger partial charge in [0.15, 0.2) is 0 Å². The molecule has 1 saturated heterocycles. The lowest BCUT2D eigenvalue weighted by molar-refractivity contribution is -0.151. The van der Waals surface area contributed by atoms with E-state index >= 15 is 0 Å². The lowest BCUT2D eigenvalue weighted by Crippen LogP contribution is -2.40. The summed E-state index contributed by atoms with van der Waals surface area (Å²) in [7, 11) is 0. The van der Waals surface area contributed by atoms with Gasteiger partial charge >= 0.3 is 5.97 Å². The highest BCUT2D eigenvalue weighted by molar-refractivity contribution is 5.94. The maximum Gasteiger partial charge on any atom is 0.309 e. The number of carbonyl (C=O) groups excluding carboxylic acids is 2. The first-order valence-corrected chi connectivity index (χ1v) is 7.76. The summed E-state index contributed by atoms with van der Waals surface area (Å²) in [5.41, 5.74) is 1.53. The summed E-state index contributed by atoms with van der Waals surface area (Å²) in [5.74, 6) is -0.310. The highest BCUT2D eigenvalue weighted by atomic mass is 16.5. The lowest BCUT2D eigenvalue weighted by Gasteiger charge is -2.31. The Morgan fingerprint density at radius 3 is 2.52 bits per heavy atom. The quantitative estimate of drug-likeness (QED) is 0.814. The first kappa shape index (κ1) is 15.3. The zero-order valence-corrected chi connectivity index (χ0v) is 12.8. The van der Waals surface area contributed by atoms with Gasteiger partial charge in [0.2, 0.25) is 0 Å². The SMILES string of the molecule is O=C(OCc1ccoc1)C1CCN(C(=O)c2ccccc2)CC1. The first-order chi connectivity index (χ1) is 11.2. The van der Waals surface area contributed by atoms with Crippen LogP contribution in [-0.4, -0.2) is 29.9 Å². The molecule has 1 aliphatic heterocycles. The number of rotatable bonds is 4. The van der Waals surface area contributed by atoms with Crippen LogP contribution in [0.15, 0.2) is 53.3 Å². The Bertz CT molecular complexity index is 643. The van der Waals surface area contributed by atoms with E-state index in [4.69, 9.17) is 9.15 Å². The molecule has 0 atom stereocenters. The molecular weight excluding hydrogens is 294 g/mol. The number of amides is 1. The molecule has 1 fully saturated rings. The minimum absolute atomic E-state index is 0.0239. The van der Waals surface area contributed by atoms with Crippen molar-refractivity contribution in [2.24, 2.45) is 5.92 Å². The number of likely N-dealkylation sites (tertiary alicyclic amines) is 1. The molecule has 5 nitrogen and oxygen atoms in total. The monoisotopic (exact) mass is 313 g/mol. The fourth-order valence-corrected chi connectivity index (χ4v) is 2.73. The second-order valence-corrected chi connectivity index (χ2v) is 5.67. The van der Waals surface area contributed by atoms with Gasteiger partial charge in [0, 0.05) is 24.2 Å². The first-order valence-electron chi connectivity index (χ1n) is 7.76. The fourth-order valence-electron chi connectivity index (χ4n) is 2.73. The average Bonchev–Trinajstić information content (AvgIpc) is 3.13. The van der Waals surface area contributed by atoms with Crippen molar-refractivity contribution < 1.29 is 18.7 Å². The van der Waals surface area contributed by atoms with Gasteiger partial charge < -0.3 is 14.1 Å². The maximum absolute atomic E-state index is 12.4. The molecule has 0 N–H and O–H groups in total. The van der Waals surface area contributed by atoms with Crippen molar-refractivity contribution in [3.63, 3.8) is 0 Å². The van der Waals surface area contributed by atoms with E-state index in [9.17, 15) is 9.59 Å². The molecule has 0 aliphatic carbocycles. The van der Waals surface area contributed by atoms with Gasteiger partial charge in [-0.05, 0) is 31.0 Å². The van der Waals surface area contributed by atoms with E-state index in [-0.39, 0.29) is 24.4 Å². The second-order valence-electron chi connectivity index (χ2n) is 5.67. The van der Waals surface area contributed by atoms with Crippen molar-refractivity contribution in [3.05, 3.63) is 60.1 Å². The lowest BCUT2D eigenvalue weighted by atomic mass is 9.96. The Labute approximate surface area is 134 Å². The summed E-state index contributed by atoms with van der Waals surface area (Å²) in [6.07, 6.45) is 4.40. The molecule has 1 amide bonds. The maximum atomic E-state index is 12.4. The van der Waals surface area contributed by atoms with Crippen molar-refractivity contribution >= 4 is 11.9 Å². The molecule has 1 aliphatic rings. The number of benzene rings is 1. The van der Waals surface area contributed by atoms with Crippen molar-refractivity contribution in [2.75, 3.05) is 13.1 Å². The van der Waals surface area contributed by atoms with Crippen LogP contribution in [0.3, 0.4) is 0 Å². The Morgan fingerprint density at radius 2 is 1.87 bits per heavy atom. The minimum Gasteiger partial charge on any atom is -0.472 e. The van der Waals surface area contributed by atoms with E-state index in [1.54, 1.807) is 23.5 Å². The van der Waals surface area contributed by atoms with E-state index in [0.29, 0.717) is 31.5 Å².